The zero-order valence-corrected chi connectivity index (χ0v) is 26.0. The highest BCUT2D eigenvalue weighted by atomic mass is 35.5. The Morgan fingerprint density at radius 3 is 2.50 bits per heavy atom. The van der Waals surface area contributed by atoms with E-state index in [1.807, 2.05) is 31.3 Å². The molecule has 0 atom stereocenters. The van der Waals surface area contributed by atoms with Gasteiger partial charge in [-0.2, -0.15) is 0 Å². The van der Waals surface area contributed by atoms with Gasteiger partial charge in [0.2, 0.25) is 0 Å². The number of anilines is 2. The minimum absolute atomic E-state index is 0.00608. The molecule has 0 spiro atoms. The second-order valence-electron chi connectivity index (χ2n) is 10.9. The van der Waals surface area contributed by atoms with Gasteiger partial charge in [-0.15, -0.1) is 0 Å². The summed E-state index contributed by atoms with van der Waals surface area (Å²) < 4.78 is 6.57. The van der Waals surface area contributed by atoms with Crippen LogP contribution in [0.15, 0.2) is 48.1 Å². The normalized spacial score (nSPS) is 12.6. The van der Waals surface area contributed by atoms with Gasteiger partial charge in [0.05, 0.1) is 33.7 Å². The third-order valence-corrected chi connectivity index (χ3v) is 7.09. The van der Waals surface area contributed by atoms with Crippen molar-refractivity contribution in [1.82, 2.24) is 20.6 Å². The second-order valence-corrected chi connectivity index (χ2v) is 11.2. The molecular formula is C31H47ClN7O3+. The molecule has 1 aromatic carbocycles. The number of unbranched alkanes of at least 4 members (excludes halogenated alkanes) is 2. The maximum atomic E-state index is 12.1. The van der Waals surface area contributed by atoms with E-state index in [0.717, 1.165) is 61.8 Å². The van der Waals surface area contributed by atoms with Crippen molar-refractivity contribution < 1.29 is 18.8 Å². The topological polar surface area (TPSA) is 145 Å². The summed E-state index contributed by atoms with van der Waals surface area (Å²) in [4.78, 5) is 30.1. The third-order valence-electron chi connectivity index (χ3n) is 6.81. The molecule has 10 nitrogen and oxygen atoms in total. The van der Waals surface area contributed by atoms with Crippen LogP contribution in [0.25, 0.3) is 0 Å². The van der Waals surface area contributed by atoms with Crippen molar-refractivity contribution in [2.24, 2.45) is 0 Å². The summed E-state index contributed by atoms with van der Waals surface area (Å²) in [6.45, 7) is 4.11. The molecule has 1 aliphatic carbocycles. The number of likely N-dealkylation sites (N-methyl/N-ethyl adjacent to an activating group) is 1. The smallest absolute Gasteiger partial charge is 0.273 e. The van der Waals surface area contributed by atoms with Gasteiger partial charge in [0.15, 0.2) is 22.5 Å². The molecule has 0 bridgehead atoms. The Labute approximate surface area is 255 Å². The highest BCUT2D eigenvalue weighted by Gasteiger charge is 2.18. The summed E-state index contributed by atoms with van der Waals surface area (Å²) >= 11 is 5.79. The molecular weight excluding hydrogens is 554 g/mol. The minimum atomic E-state index is -0.393. The first-order valence-corrected chi connectivity index (χ1v) is 14.9. The van der Waals surface area contributed by atoms with Gasteiger partial charge in [0.25, 0.3) is 5.91 Å². The van der Waals surface area contributed by atoms with Crippen molar-refractivity contribution in [3.8, 4) is 5.75 Å². The molecule has 42 heavy (non-hydrogen) atoms. The van der Waals surface area contributed by atoms with E-state index in [-0.39, 0.29) is 22.5 Å². The van der Waals surface area contributed by atoms with E-state index in [2.05, 4.69) is 52.9 Å². The highest BCUT2D eigenvalue weighted by Crippen LogP contribution is 2.18. The number of carbonyl (C=O) groups excluding carboxylic acids is 2. The van der Waals surface area contributed by atoms with Gasteiger partial charge < -0.3 is 36.1 Å². The molecule has 0 unspecified atom stereocenters. The van der Waals surface area contributed by atoms with Crippen molar-refractivity contribution >= 4 is 35.4 Å². The first-order valence-electron chi connectivity index (χ1n) is 14.5. The number of rotatable bonds is 16. The largest absolute Gasteiger partial charge is 0.489 e. The molecule has 0 aliphatic heterocycles. The number of hydrogen-bond donors (Lipinski definition) is 4. The van der Waals surface area contributed by atoms with E-state index < -0.39 is 5.91 Å². The third kappa shape index (κ3) is 13.5. The average Bonchev–Trinajstić information content (AvgIpc) is 2.98. The Bertz CT molecular complexity index is 1180. The predicted molar refractivity (Wildman–Crippen MR) is 171 cm³/mol. The maximum Gasteiger partial charge on any atom is 0.273 e. The number of halogens is 1. The van der Waals surface area contributed by atoms with Crippen LogP contribution in [0.4, 0.5) is 11.6 Å². The monoisotopic (exact) mass is 600 g/mol. The summed E-state index contributed by atoms with van der Waals surface area (Å²) in [6, 6.07) is 7.99. The van der Waals surface area contributed by atoms with Crippen molar-refractivity contribution in [2.45, 2.75) is 44.9 Å². The van der Waals surface area contributed by atoms with Crippen LogP contribution in [-0.4, -0.2) is 80.6 Å². The Hall–Kier alpha value is -3.47. The number of hydrogen-bond acceptors (Lipinski definition) is 8. The number of ether oxygens (including phenoxy) is 1. The molecule has 3 rings (SSSR count). The summed E-state index contributed by atoms with van der Waals surface area (Å²) in [5.74, 6) is 0.491. The lowest BCUT2D eigenvalue weighted by atomic mass is 10.1. The van der Waals surface area contributed by atoms with Gasteiger partial charge in [0, 0.05) is 6.42 Å². The lowest BCUT2D eigenvalue weighted by Gasteiger charge is -2.30. The summed E-state index contributed by atoms with van der Waals surface area (Å²) in [5.41, 5.74) is 13.7. The Balaban J connectivity index is 0.000000305. The first kappa shape index (κ1) is 34.7. The van der Waals surface area contributed by atoms with Gasteiger partial charge in [-0.3, -0.25) is 4.79 Å². The standard InChI is InChI=1S/C16H18O2.C15H28ClN7O/c17-12-4-7-14-8-10-16(11-9-14)18-13-15-5-2-1-3-6-15;1-19-7-5-4-6-9-23(2,3)10-8-20-15(24)11-13(17)22-14(18)12(16)21-11/h1-2,5,8-12H,3-4,6-7,13H2;19H,4-10H2,1-3H3,(H4-,17,18,20,22,24)/p+1. The van der Waals surface area contributed by atoms with Crippen molar-refractivity contribution in [3.63, 3.8) is 0 Å². The lowest BCUT2D eigenvalue weighted by molar-refractivity contribution is -0.889. The molecule has 11 heteroatoms. The molecule has 230 valence electrons. The van der Waals surface area contributed by atoms with Crippen LogP contribution in [0.5, 0.6) is 5.75 Å². The van der Waals surface area contributed by atoms with E-state index >= 15 is 0 Å². The second kappa shape index (κ2) is 18.9. The first-order chi connectivity index (χ1) is 20.1. The van der Waals surface area contributed by atoms with Gasteiger partial charge >= 0.3 is 0 Å². The number of amides is 1. The number of nitrogens with zero attached hydrogens (tertiary/aromatic N) is 3. The van der Waals surface area contributed by atoms with Gasteiger partial charge in [-0.25, -0.2) is 9.97 Å². The number of allylic oxidation sites excluding steroid dienone is 3. The lowest BCUT2D eigenvalue weighted by Crippen LogP contribution is -2.46. The highest BCUT2D eigenvalue weighted by molar-refractivity contribution is 6.31. The zero-order valence-electron chi connectivity index (χ0n) is 25.2. The number of carbonyl (C=O) groups is 2. The summed E-state index contributed by atoms with van der Waals surface area (Å²) in [6.07, 6.45) is 14.5. The van der Waals surface area contributed by atoms with Gasteiger partial charge in [-0.1, -0.05) is 42.0 Å². The molecule has 1 amide bonds. The molecule has 1 heterocycles. The van der Waals surface area contributed by atoms with Crippen LogP contribution >= 0.6 is 11.6 Å². The Morgan fingerprint density at radius 1 is 1.07 bits per heavy atom. The summed E-state index contributed by atoms with van der Waals surface area (Å²) in [7, 11) is 6.27. The minimum Gasteiger partial charge on any atom is -0.489 e. The van der Waals surface area contributed by atoms with Crippen LogP contribution < -0.4 is 26.8 Å². The van der Waals surface area contributed by atoms with Crippen LogP contribution in [-0.2, 0) is 11.2 Å². The van der Waals surface area contributed by atoms with E-state index in [1.165, 1.54) is 24.0 Å². The molecule has 0 radical (unpaired) electrons. The fourth-order valence-corrected chi connectivity index (χ4v) is 4.35. The molecule has 0 fully saturated rings. The maximum absolute atomic E-state index is 12.1. The number of aromatic nitrogens is 2. The van der Waals surface area contributed by atoms with Gasteiger partial charge in [-0.05, 0) is 75.4 Å². The Morgan fingerprint density at radius 2 is 1.83 bits per heavy atom. The molecule has 2 aromatic rings. The van der Waals surface area contributed by atoms with Crippen molar-refractivity contribution in [2.75, 3.05) is 65.4 Å². The van der Waals surface area contributed by atoms with Crippen LogP contribution in [0, 0.1) is 0 Å². The molecule has 1 aromatic heterocycles. The van der Waals surface area contributed by atoms with E-state index in [1.54, 1.807) is 0 Å². The number of quaternary nitrogens is 1. The van der Waals surface area contributed by atoms with Crippen LogP contribution in [0.3, 0.4) is 0 Å². The SMILES string of the molecule is CNCCCCC[N+](C)(C)CCNC(=O)c1nc(Cl)c(N)nc1N.O=CCCc1ccc(OCC2=CC=CCC2)cc1. The Kier molecular flexibility index (Phi) is 15.6. The number of aryl methyl sites for hydroxylation is 1. The number of benzene rings is 1. The molecule has 1 aliphatic rings. The van der Waals surface area contributed by atoms with E-state index in [0.29, 0.717) is 19.6 Å². The molecule has 0 saturated carbocycles. The zero-order chi connectivity index (χ0) is 30.8. The number of aldehydes is 1. The van der Waals surface area contributed by atoms with E-state index in [4.69, 9.17) is 27.8 Å². The van der Waals surface area contributed by atoms with E-state index in [9.17, 15) is 9.59 Å². The fraction of sp³-hybridized carbons (Fsp3) is 0.484. The average molecular weight is 601 g/mol. The quantitative estimate of drug-likeness (QED) is 0.129. The fourth-order valence-electron chi connectivity index (χ4n) is 4.22. The molecule has 6 N–H and O–H groups in total. The van der Waals surface area contributed by atoms with Crippen LogP contribution in [0.2, 0.25) is 5.15 Å². The van der Waals surface area contributed by atoms with Crippen molar-refractivity contribution in [3.05, 3.63) is 64.5 Å². The summed E-state index contributed by atoms with van der Waals surface area (Å²) in [5, 5.41) is 5.93. The van der Waals surface area contributed by atoms with Crippen LogP contribution in [0.1, 0.15) is 54.6 Å². The van der Waals surface area contributed by atoms with Crippen molar-refractivity contribution in [1.29, 1.82) is 0 Å². The number of nitrogen functional groups attached to an aromatic ring is 2. The number of nitrogens with one attached hydrogen (secondary N) is 2. The molecule has 0 saturated heterocycles. The van der Waals surface area contributed by atoms with Gasteiger partial charge in [0.1, 0.15) is 18.6 Å². The predicted octanol–water partition coefficient (Wildman–Crippen LogP) is 3.96. The number of nitrogens with two attached hydrogens (primary N) is 2.